The number of carboxylic acid groups (broad SMARTS) is 3. The number of nitrogens with zero attached hydrogens (tertiary/aromatic N) is 2. The second-order valence-electron chi connectivity index (χ2n) is 13.7. The van der Waals surface area contributed by atoms with Gasteiger partial charge >= 0.3 is 17.9 Å². The Kier molecular flexibility index (Phi) is 21.8. The SMILES string of the molecule is CC(C)C[C@H](NC(=O)[C@H](Cc1ccccc1)NC(=O)[C@H](CC(=O)O)NC(=O)[C@@H](N)CCCN=C(N)N)C(=O)N[C@@H](CC(=O)O)C(=O)N[C@@H](CCCN=C(N)N)C(=O)O. The van der Waals surface area contributed by atoms with Crippen molar-refractivity contribution in [2.75, 3.05) is 13.1 Å². The highest BCUT2D eigenvalue weighted by Gasteiger charge is 2.34. The van der Waals surface area contributed by atoms with Gasteiger partial charge in [0.05, 0.1) is 18.9 Å². The van der Waals surface area contributed by atoms with Gasteiger partial charge in [-0.15, -0.1) is 0 Å². The molecule has 6 atom stereocenters. The predicted molar refractivity (Wildman–Crippen MR) is 209 cm³/mol. The van der Waals surface area contributed by atoms with Crippen LogP contribution in [0.2, 0.25) is 0 Å². The van der Waals surface area contributed by atoms with E-state index in [0.29, 0.717) is 12.0 Å². The van der Waals surface area contributed by atoms with E-state index in [1.165, 1.54) is 0 Å². The van der Waals surface area contributed by atoms with Crippen LogP contribution in [0.1, 0.15) is 64.4 Å². The van der Waals surface area contributed by atoms with Crippen molar-refractivity contribution < 1.29 is 53.7 Å². The number of nitrogens with one attached hydrogen (secondary N) is 5. The molecule has 0 aliphatic rings. The van der Waals surface area contributed by atoms with Gasteiger partial charge in [0.2, 0.25) is 29.5 Å². The molecule has 0 unspecified atom stereocenters. The van der Waals surface area contributed by atoms with E-state index in [4.69, 9.17) is 28.7 Å². The van der Waals surface area contributed by atoms with Crippen LogP contribution in [-0.4, -0.2) is 124 Å². The van der Waals surface area contributed by atoms with E-state index in [1.807, 2.05) is 0 Å². The summed E-state index contributed by atoms with van der Waals surface area (Å²) in [4.78, 5) is 110. The van der Waals surface area contributed by atoms with Crippen molar-refractivity contribution in [1.29, 1.82) is 0 Å². The molecule has 23 nitrogen and oxygen atoms in total. The van der Waals surface area contributed by atoms with Gasteiger partial charge in [-0.2, -0.15) is 0 Å². The van der Waals surface area contributed by atoms with Crippen LogP contribution in [0, 0.1) is 5.92 Å². The molecule has 322 valence electrons. The van der Waals surface area contributed by atoms with E-state index in [2.05, 4.69) is 36.6 Å². The highest BCUT2D eigenvalue weighted by atomic mass is 16.4. The maximum atomic E-state index is 13.9. The lowest BCUT2D eigenvalue weighted by atomic mass is 10.00. The number of guanidine groups is 2. The molecule has 0 aliphatic carbocycles. The van der Waals surface area contributed by atoms with Gasteiger partial charge in [0.15, 0.2) is 11.9 Å². The molecule has 1 aromatic rings. The second kappa shape index (κ2) is 25.6. The molecular weight excluding hydrogens is 764 g/mol. The number of nitrogens with two attached hydrogens (primary N) is 5. The topological polar surface area (TPSA) is 412 Å². The lowest BCUT2D eigenvalue weighted by molar-refractivity contribution is -0.144. The molecule has 58 heavy (non-hydrogen) atoms. The molecule has 0 spiro atoms. The number of benzene rings is 1. The number of rotatable bonds is 27. The van der Waals surface area contributed by atoms with E-state index in [0.717, 1.165) is 0 Å². The van der Waals surface area contributed by atoms with Crippen LogP contribution >= 0.6 is 0 Å². The lowest BCUT2D eigenvalue weighted by Crippen LogP contribution is -2.60. The minimum absolute atomic E-state index is 0.0470. The van der Waals surface area contributed by atoms with Crippen molar-refractivity contribution in [2.45, 2.75) is 101 Å². The van der Waals surface area contributed by atoms with Crippen LogP contribution in [0.3, 0.4) is 0 Å². The highest BCUT2D eigenvalue weighted by Crippen LogP contribution is 2.10. The maximum Gasteiger partial charge on any atom is 0.326 e. The van der Waals surface area contributed by atoms with Crippen LogP contribution < -0.4 is 55.3 Å². The van der Waals surface area contributed by atoms with Crippen molar-refractivity contribution in [3.05, 3.63) is 35.9 Å². The zero-order valence-electron chi connectivity index (χ0n) is 32.4. The van der Waals surface area contributed by atoms with Crippen molar-refractivity contribution in [2.24, 2.45) is 44.6 Å². The normalized spacial score (nSPS) is 13.9. The molecule has 5 amide bonds. The molecule has 0 bridgehead atoms. The first kappa shape index (κ1) is 49.5. The average Bonchev–Trinajstić information content (AvgIpc) is 3.12. The Morgan fingerprint density at radius 2 is 1.00 bits per heavy atom. The molecule has 18 N–H and O–H groups in total. The summed E-state index contributed by atoms with van der Waals surface area (Å²) in [5.41, 5.74) is 27.6. The Balaban J connectivity index is 3.33. The van der Waals surface area contributed by atoms with E-state index in [9.17, 15) is 53.7 Å². The van der Waals surface area contributed by atoms with Gasteiger partial charge in [-0.25, -0.2) is 4.79 Å². The van der Waals surface area contributed by atoms with Gasteiger partial charge in [-0.05, 0) is 43.6 Å². The zero-order valence-corrected chi connectivity index (χ0v) is 32.4. The number of aliphatic imine (C=N–C) groups is 2. The summed E-state index contributed by atoms with van der Waals surface area (Å²) in [6, 6.07) is -0.716. The number of carboxylic acids is 3. The van der Waals surface area contributed by atoms with Crippen LogP contribution in [0.15, 0.2) is 40.3 Å². The number of carbonyl (C=O) groups excluding carboxylic acids is 5. The largest absolute Gasteiger partial charge is 0.481 e. The summed E-state index contributed by atoms with van der Waals surface area (Å²) >= 11 is 0. The fourth-order valence-electron chi connectivity index (χ4n) is 5.31. The number of carbonyl (C=O) groups is 8. The summed E-state index contributed by atoms with van der Waals surface area (Å²) in [6.07, 6.45) is -1.70. The third-order valence-corrected chi connectivity index (χ3v) is 8.14. The highest BCUT2D eigenvalue weighted by molar-refractivity contribution is 5.98. The Hall–Kier alpha value is -6.52. The van der Waals surface area contributed by atoms with Crippen molar-refractivity contribution in [1.82, 2.24) is 26.6 Å². The van der Waals surface area contributed by atoms with Gasteiger partial charge in [0.1, 0.15) is 30.2 Å². The first-order valence-corrected chi connectivity index (χ1v) is 18.3. The molecule has 1 rings (SSSR count). The van der Waals surface area contributed by atoms with Crippen LogP contribution in [0.4, 0.5) is 0 Å². The van der Waals surface area contributed by atoms with E-state index in [-0.39, 0.29) is 63.0 Å². The molecular formula is C35H56N12O11. The van der Waals surface area contributed by atoms with Crippen LogP contribution in [-0.2, 0) is 44.8 Å². The summed E-state index contributed by atoms with van der Waals surface area (Å²) < 4.78 is 0. The summed E-state index contributed by atoms with van der Waals surface area (Å²) in [6.45, 7) is 3.63. The van der Waals surface area contributed by atoms with Gasteiger partial charge in [-0.3, -0.25) is 43.5 Å². The summed E-state index contributed by atoms with van der Waals surface area (Å²) in [5, 5.41) is 40.4. The van der Waals surface area contributed by atoms with Crippen molar-refractivity contribution >= 4 is 59.4 Å². The van der Waals surface area contributed by atoms with Gasteiger partial charge in [-0.1, -0.05) is 44.2 Å². The molecule has 23 heteroatoms. The smallest absolute Gasteiger partial charge is 0.326 e. The average molecular weight is 821 g/mol. The quantitative estimate of drug-likeness (QED) is 0.0230. The van der Waals surface area contributed by atoms with Crippen molar-refractivity contribution in [3.8, 4) is 0 Å². The van der Waals surface area contributed by atoms with E-state index in [1.54, 1.807) is 44.2 Å². The van der Waals surface area contributed by atoms with Crippen LogP contribution in [0.25, 0.3) is 0 Å². The molecule has 0 saturated carbocycles. The first-order valence-electron chi connectivity index (χ1n) is 18.3. The standard InChI is InChI=1S/C35H56N12O11/c1-18(2)14-22(29(53)47-25(17-27(50)51)31(55)43-21(33(57)58)11-7-13-42-35(39)40)45-30(54)23(15-19-8-4-3-5-9-19)46-32(56)24(16-26(48)49)44-28(52)20(36)10-6-12-41-34(37)38/h3-5,8-9,18,20-25H,6-7,10-17,36H2,1-2H3,(H,43,55)(H,44,52)(H,45,54)(H,46,56)(H,47,53)(H,48,49)(H,50,51)(H,57,58)(H4,37,38,41)(H4,39,40,42)/t20-,21-,22-,23-,24-,25-/m0/s1. The number of aliphatic carboxylic acids is 3. The van der Waals surface area contributed by atoms with E-state index < -0.39 is 96.5 Å². The number of hydrogen-bond acceptors (Lipinski definition) is 11. The molecule has 1 aromatic carbocycles. The molecule has 0 heterocycles. The molecule has 0 aliphatic heterocycles. The van der Waals surface area contributed by atoms with Gasteiger partial charge < -0.3 is 70.6 Å². The Labute approximate surface area is 334 Å². The number of amides is 5. The van der Waals surface area contributed by atoms with Crippen LogP contribution in [0.5, 0.6) is 0 Å². The van der Waals surface area contributed by atoms with Gasteiger partial charge in [0.25, 0.3) is 0 Å². The predicted octanol–water partition coefficient (Wildman–Crippen LogP) is -3.83. The monoisotopic (exact) mass is 820 g/mol. The zero-order chi connectivity index (χ0) is 43.9. The van der Waals surface area contributed by atoms with E-state index >= 15 is 0 Å². The third-order valence-electron chi connectivity index (χ3n) is 8.14. The fourth-order valence-corrected chi connectivity index (χ4v) is 5.31. The van der Waals surface area contributed by atoms with Gasteiger partial charge in [0, 0.05) is 19.5 Å². The lowest BCUT2D eigenvalue weighted by Gasteiger charge is -2.27. The molecule has 0 radical (unpaired) electrons. The molecule has 0 aromatic heterocycles. The Morgan fingerprint density at radius 3 is 1.47 bits per heavy atom. The molecule has 0 saturated heterocycles. The fraction of sp³-hybridized carbons (Fsp3) is 0.543. The summed E-state index contributed by atoms with van der Waals surface area (Å²) in [7, 11) is 0. The summed E-state index contributed by atoms with van der Waals surface area (Å²) in [5.74, 6) is -10.0. The van der Waals surface area contributed by atoms with Crippen molar-refractivity contribution in [3.63, 3.8) is 0 Å². The second-order valence-corrected chi connectivity index (χ2v) is 13.7. The minimum Gasteiger partial charge on any atom is -0.481 e. The molecule has 0 fully saturated rings. The first-order chi connectivity index (χ1) is 27.2. The maximum absolute atomic E-state index is 13.9. The Bertz CT molecular complexity index is 1630. The number of hydrogen-bond donors (Lipinski definition) is 13. The third kappa shape index (κ3) is 20.4. The minimum atomic E-state index is -1.78. The Morgan fingerprint density at radius 1 is 0.586 bits per heavy atom.